The highest BCUT2D eigenvalue weighted by Gasteiger charge is 2.29. The van der Waals surface area contributed by atoms with Gasteiger partial charge in [0.2, 0.25) is 5.91 Å². The minimum absolute atomic E-state index is 0.212. The van der Waals surface area contributed by atoms with Crippen LogP contribution in [0.5, 0.6) is 0 Å². The molecule has 0 saturated carbocycles. The Kier molecular flexibility index (Phi) is 5.00. The van der Waals surface area contributed by atoms with Gasteiger partial charge in [0.15, 0.2) is 0 Å². The number of amides is 3. The number of aromatic nitrogens is 1. The van der Waals surface area contributed by atoms with E-state index in [1.54, 1.807) is 12.1 Å². The van der Waals surface area contributed by atoms with E-state index in [2.05, 4.69) is 26.2 Å². The van der Waals surface area contributed by atoms with Crippen molar-refractivity contribution >= 4 is 11.9 Å². The quantitative estimate of drug-likeness (QED) is 0.876. The van der Waals surface area contributed by atoms with Crippen LogP contribution in [-0.4, -0.2) is 34.5 Å². The summed E-state index contributed by atoms with van der Waals surface area (Å²) in [6, 6.07) is 7.31. The van der Waals surface area contributed by atoms with Crippen molar-refractivity contribution in [1.29, 1.82) is 0 Å². The second kappa shape index (κ2) is 7.35. The van der Waals surface area contributed by atoms with Crippen molar-refractivity contribution in [2.24, 2.45) is 7.05 Å². The lowest BCUT2D eigenvalue weighted by Gasteiger charge is -2.24. The summed E-state index contributed by atoms with van der Waals surface area (Å²) in [4.78, 5) is 26.0. The van der Waals surface area contributed by atoms with Crippen molar-refractivity contribution in [3.8, 4) is 0 Å². The van der Waals surface area contributed by atoms with Gasteiger partial charge in [-0.2, -0.15) is 0 Å². The lowest BCUT2D eigenvalue weighted by Crippen LogP contribution is -2.44. The molecule has 24 heavy (non-hydrogen) atoms. The molecule has 0 spiro atoms. The number of carbonyl (C=O) groups is 2. The van der Waals surface area contributed by atoms with Crippen molar-refractivity contribution < 1.29 is 14.0 Å². The topological polar surface area (TPSA) is 79.5 Å². The molecule has 0 aliphatic carbocycles. The second-order valence-corrected chi connectivity index (χ2v) is 5.98. The average Bonchev–Trinajstić information content (AvgIpc) is 3.27. The number of carbonyl (C=O) groups excluding carboxylic acids is 2. The number of rotatable bonds is 5. The Balaban J connectivity index is 1.49. The van der Waals surface area contributed by atoms with Crippen LogP contribution in [-0.2, 0) is 18.4 Å². The fourth-order valence-electron chi connectivity index (χ4n) is 3.15. The van der Waals surface area contributed by atoms with Gasteiger partial charge in [-0.25, -0.2) is 4.79 Å². The van der Waals surface area contributed by atoms with Crippen LogP contribution in [0.2, 0.25) is 0 Å². The third-order valence-corrected chi connectivity index (χ3v) is 4.29. The van der Waals surface area contributed by atoms with E-state index < -0.39 is 6.03 Å². The Bertz CT molecular complexity index is 693. The maximum absolute atomic E-state index is 12.1. The summed E-state index contributed by atoms with van der Waals surface area (Å²) in [5.41, 5.74) is 1.20. The Morgan fingerprint density at radius 3 is 2.92 bits per heavy atom. The number of furan rings is 1. The maximum atomic E-state index is 12.1. The zero-order chi connectivity index (χ0) is 16.9. The van der Waals surface area contributed by atoms with E-state index in [0.717, 1.165) is 19.4 Å². The number of likely N-dealkylation sites (tertiary alicyclic amines) is 1. The molecule has 1 aliphatic rings. The summed E-state index contributed by atoms with van der Waals surface area (Å²) in [5, 5.41) is 4.97. The molecule has 0 unspecified atom stereocenters. The van der Waals surface area contributed by atoms with E-state index in [1.165, 1.54) is 12.0 Å². The molecule has 0 bridgehead atoms. The highest BCUT2D eigenvalue weighted by atomic mass is 16.3. The van der Waals surface area contributed by atoms with Gasteiger partial charge in [-0.1, -0.05) is 0 Å². The number of hydrogen-bond donors (Lipinski definition) is 2. The molecule has 1 saturated heterocycles. The van der Waals surface area contributed by atoms with E-state index in [1.807, 2.05) is 19.3 Å². The minimum Gasteiger partial charge on any atom is -0.467 e. The number of hydrogen-bond acceptors (Lipinski definition) is 4. The third kappa shape index (κ3) is 3.86. The van der Waals surface area contributed by atoms with Gasteiger partial charge in [0.25, 0.3) is 0 Å². The highest BCUT2D eigenvalue weighted by Crippen LogP contribution is 2.31. The molecule has 7 heteroatoms. The van der Waals surface area contributed by atoms with Gasteiger partial charge < -0.3 is 14.3 Å². The lowest BCUT2D eigenvalue weighted by molar-refractivity contribution is -0.121. The first-order valence-corrected chi connectivity index (χ1v) is 8.09. The van der Waals surface area contributed by atoms with E-state index in [4.69, 9.17) is 4.42 Å². The number of nitrogens with one attached hydrogen (secondary N) is 2. The van der Waals surface area contributed by atoms with Gasteiger partial charge in [0, 0.05) is 18.9 Å². The summed E-state index contributed by atoms with van der Waals surface area (Å²) in [6.45, 7) is 1.32. The van der Waals surface area contributed by atoms with Crippen LogP contribution in [0.25, 0.3) is 0 Å². The van der Waals surface area contributed by atoms with Crippen LogP contribution in [0.1, 0.15) is 30.3 Å². The molecule has 7 nitrogen and oxygen atoms in total. The predicted octanol–water partition coefficient (Wildman–Crippen LogP) is 1.78. The van der Waals surface area contributed by atoms with Crippen LogP contribution in [0.4, 0.5) is 4.79 Å². The molecule has 2 aromatic rings. The number of nitrogens with zero attached hydrogens (tertiary/aromatic N) is 2. The smallest absolute Gasteiger partial charge is 0.321 e. The summed E-state index contributed by atoms with van der Waals surface area (Å²) in [7, 11) is 2.01. The predicted molar refractivity (Wildman–Crippen MR) is 88.0 cm³/mol. The Morgan fingerprint density at radius 1 is 1.33 bits per heavy atom. The Labute approximate surface area is 140 Å². The van der Waals surface area contributed by atoms with E-state index in [-0.39, 0.29) is 25.0 Å². The average molecular weight is 330 g/mol. The molecule has 3 amide bonds. The lowest BCUT2D eigenvalue weighted by atomic mass is 10.1. The van der Waals surface area contributed by atoms with Gasteiger partial charge in [-0.3, -0.25) is 15.0 Å². The molecule has 2 N–H and O–H groups in total. The molecular weight excluding hydrogens is 308 g/mol. The summed E-state index contributed by atoms with van der Waals surface area (Å²) >= 11 is 0. The molecular formula is C17H22N4O3. The monoisotopic (exact) mass is 330 g/mol. The minimum atomic E-state index is -0.508. The van der Waals surface area contributed by atoms with Crippen molar-refractivity contribution in [2.75, 3.05) is 13.1 Å². The van der Waals surface area contributed by atoms with Crippen LogP contribution in [0, 0.1) is 0 Å². The molecule has 1 atom stereocenters. The van der Waals surface area contributed by atoms with Crippen molar-refractivity contribution in [1.82, 2.24) is 20.1 Å². The fraction of sp³-hybridized carbons (Fsp3) is 0.412. The largest absolute Gasteiger partial charge is 0.467 e. The molecule has 0 aromatic carbocycles. The van der Waals surface area contributed by atoms with Gasteiger partial charge >= 0.3 is 6.03 Å². The van der Waals surface area contributed by atoms with Crippen molar-refractivity contribution in [3.05, 3.63) is 48.2 Å². The molecule has 128 valence electrons. The standard InChI is InChI=1S/C17H22N4O3/c1-20-8-2-6-14(20)15-7-3-9-21(15)12-16(22)19-17(23)18-11-13-5-4-10-24-13/h2,4-6,8,10,15H,3,7,9,11-12H2,1H3,(H2,18,19,22,23)/t15-/m0/s1. The van der Waals surface area contributed by atoms with E-state index >= 15 is 0 Å². The first-order valence-electron chi connectivity index (χ1n) is 8.09. The number of aryl methyl sites for hydroxylation is 1. The first-order chi connectivity index (χ1) is 11.6. The molecule has 1 aliphatic heterocycles. The van der Waals surface area contributed by atoms with Crippen molar-refractivity contribution in [2.45, 2.75) is 25.4 Å². The Hall–Kier alpha value is -2.54. The SMILES string of the molecule is Cn1cccc1[C@@H]1CCCN1CC(=O)NC(=O)NCc1ccco1. The molecule has 3 heterocycles. The second-order valence-electron chi connectivity index (χ2n) is 5.98. The summed E-state index contributed by atoms with van der Waals surface area (Å²) < 4.78 is 7.21. The fourth-order valence-corrected chi connectivity index (χ4v) is 3.15. The third-order valence-electron chi connectivity index (χ3n) is 4.29. The highest BCUT2D eigenvalue weighted by molar-refractivity contribution is 5.95. The molecule has 1 fully saturated rings. The zero-order valence-corrected chi connectivity index (χ0v) is 13.7. The van der Waals surface area contributed by atoms with E-state index in [9.17, 15) is 9.59 Å². The van der Waals surface area contributed by atoms with Gasteiger partial charge in [-0.05, 0) is 43.7 Å². The van der Waals surface area contributed by atoms with Crippen LogP contribution < -0.4 is 10.6 Å². The first kappa shape index (κ1) is 16.3. The maximum Gasteiger partial charge on any atom is 0.321 e. The van der Waals surface area contributed by atoms with Gasteiger partial charge in [-0.15, -0.1) is 0 Å². The van der Waals surface area contributed by atoms with E-state index in [0.29, 0.717) is 5.76 Å². The van der Waals surface area contributed by atoms with Crippen molar-refractivity contribution in [3.63, 3.8) is 0 Å². The summed E-state index contributed by atoms with van der Waals surface area (Å²) in [6.07, 6.45) is 5.62. The van der Waals surface area contributed by atoms with Crippen LogP contribution in [0.3, 0.4) is 0 Å². The van der Waals surface area contributed by atoms with Gasteiger partial charge in [0.05, 0.1) is 25.4 Å². The van der Waals surface area contributed by atoms with Crippen LogP contribution in [0.15, 0.2) is 41.1 Å². The number of urea groups is 1. The Morgan fingerprint density at radius 2 is 2.21 bits per heavy atom. The molecule has 3 rings (SSSR count). The summed E-state index contributed by atoms with van der Waals surface area (Å²) in [5.74, 6) is 0.342. The molecule has 2 aromatic heterocycles. The van der Waals surface area contributed by atoms with Crippen LogP contribution >= 0.6 is 0 Å². The zero-order valence-electron chi connectivity index (χ0n) is 13.7. The number of imide groups is 1. The van der Waals surface area contributed by atoms with Gasteiger partial charge in [0.1, 0.15) is 5.76 Å². The normalized spacial score (nSPS) is 17.8. The molecule has 0 radical (unpaired) electrons.